The molecular weight excluding hydrogens is 465 g/mol. The second-order valence-corrected chi connectivity index (χ2v) is 9.10. The van der Waals surface area contributed by atoms with Crippen molar-refractivity contribution >= 4 is 22.6 Å². The number of imidazole rings is 1. The molecule has 7 nitrogen and oxygen atoms in total. The normalized spacial score (nSPS) is 15.4. The lowest BCUT2D eigenvalue weighted by atomic mass is 10.1. The maximum Gasteiger partial charge on any atom is 0.165 e. The number of nitrogen functional groups attached to an aromatic ring is 1. The van der Waals surface area contributed by atoms with Crippen LogP contribution in [0.4, 0.5) is 10.2 Å². The Morgan fingerprint density at radius 2 is 1.86 bits per heavy atom. The van der Waals surface area contributed by atoms with E-state index < -0.39 is 0 Å². The number of nitrogens with zero attached hydrogens (tertiary/aromatic N) is 5. The third kappa shape index (κ3) is 5.16. The highest BCUT2D eigenvalue weighted by Gasteiger charge is 2.20. The SMILES string of the molecule is C/C=C(\C(F)=C/CC)c1ccc2nc(-c3cccnc3N)n(-c3ccc(CN4CCNCC4)cc3)c2n1. The first-order chi connectivity index (χ1) is 18.1. The summed E-state index contributed by atoms with van der Waals surface area (Å²) in [5, 5.41) is 3.40. The summed E-state index contributed by atoms with van der Waals surface area (Å²) in [5.74, 6) is 0.754. The summed E-state index contributed by atoms with van der Waals surface area (Å²) in [6.45, 7) is 8.76. The molecule has 8 heteroatoms. The quantitative estimate of drug-likeness (QED) is 0.344. The van der Waals surface area contributed by atoms with E-state index in [9.17, 15) is 4.39 Å². The van der Waals surface area contributed by atoms with E-state index in [1.807, 2.05) is 42.7 Å². The summed E-state index contributed by atoms with van der Waals surface area (Å²) >= 11 is 0. The summed E-state index contributed by atoms with van der Waals surface area (Å²) in [6.07, 6.45) is 5.58. The number of anilines is 1. The lowest BCUT2D eigenvalue weighted by molar-refractivity contribution is 0.233. The summed E-state index contributed by atoms with van der Waals surface area (Å²) in [5.41, 5.74) is 11.5. The van der Waals surface area contributed by atoms with Crippen LogP contribution in [0.3, 0.4) is 0 Å². The fourth-order valence-corrected chi connectivity index (χ4v) is 4.71. The molecule has 0 spiro atoms. The number of aromatic nitrogens is 4. The van der Waals surface area contributed by atoms with Crippen LogP contribution in [0.1, 0.15) is 31.5 Å². The molecule has 1 saturated heterocycles. The highest BCUT2D eigenvalue weighted by molar-refractivity contribution is 5.85. The smallest absolute Gasteiger partial charge is 0.165 e. The van der Waals surface area contributed by atoms with E-state index >= 15 is 0 Å². The van der Waals surface area contributed by atoms with Gasteiger partial charge in [0.05, 0.1) is 11.3 Å². The summed E-state index contributed by atoms with van der Waals surface area (Å²) < 4.78 is 16.8. The summed E-state index contributed by atoms with van der Waals surface area (Å²) in [4.78, 5) is 16.5. The number of fused-ring (bicyclic) bond motifs is 1. The Labute approximate surface area is 216 Å². The molecule has 0 bridgehead atoms. The number of piperazine rings is 1. The Hall–Kier alpha value is -3.88. The van der Waals surface area contributed by atoms with Crippen molar-refractivity contribution in [2.24, 2.45) is 0 Å². The van der Waals surface area contributed by atoms with E-state index in [2.05, 4.69) is 39.5 Å². The molecule has 1 aliphatic rings. The van der Waals surface area contributed by atoms with Gasteiger partial charge in [0.2, 0.25) is 0 Å². The number of pyridine rings is 2. The van der Waals surface area contributed by atoms with Crippen molar-refractivity contribution in [1.82, 2.24) is 29.7 Å². The first-order valence-corrected chi connectivity index (χ1v) is 12.7. The molecule has 37 heavy (non-hydrogen) atoms. The summed E-state index contributed by atoms with van der Waals surface area (Å²) in [6, 6.07) is 15.9. The van der Waals surface area contributed by atoms with E-state index in [-0.39, 0.29) is 5.83 Å². The van der Waals surface area contributed by atoms with Gasteiger partial charge in [-0.15, -0.1) is 0 Å². The van der Waals surface area contributed by atoms with Gasteiger partial charge in [0.15, 0.2) is 11.5 Å². The van der Waals surface area contributed by atoms with Crippen molar-refractivity contribution in [2.45, 2.75) is 26.8 Å². The van der Waals surface area contributed by atoms with Crippen LogP contribution >= 0.6 is 0 Å². The third-order valence-electron chi connectivity index (χ3n) is 6.60. The molecule has 190 valence electrons. The zero-order valence-electron chi connectivity index (χ0n) is 21.3. The van der Waals surface area contributed by atoms with Crippen LogP contribution in [-0.2, 0) is 6.54 Å². The zero-order valence-corrected chi connectivity index (χ0v) is 21.3. The molecule has 3 N–H and O–H groups in total. The van der Waals surface area contributed by atoms with E-state index in [0.717, 1.165) is 44.0 Å². The van der Waals surface area contributed by atoms with Gasteiger partial charge in [0.1, 0.15) is 17.2 Å². The van der Waals surface area contributed by atoms with Crippen molar-refractivity contribution in [3.8, 4) is 17.1 Å². The van der Waals surface area contributed by atoms with Crippen molar-refractivity contribution in [3.05, 3.63) is 84.0 Å². The van der Waals surface area contributed by atoms with Gasteiger partial charge in [-0.05, 0) is 61.4 Å². The van der Waals surface area contributed by atoms with Gasteiger partial charge in [-0.1, -0.05) is 25.1 Å². The van der Waals surface area contributed by atoms with Gasteiger partial charge in [0.25, 0.3) is 0 Å². The van der Waals surface area contributed by atoms with Gasteiger partial charge < -0.3 is 11.1 Å². The molecule has 4 heterocycles. The molecule has 3 aromatic heterocycles. The van der Waals surface area contributed by atoms with Gasteiger partial charge in [-0.25, -0.2) is 19.3 Å². The minimum Gasteiger partial charge on any atom is -0.383 e. The number of halogens is 1. The molecule has 1 aliphatic heterocycles. The molecule has 0 saturated carbocycles. The Balaban J connectivity index is 1.62. The van der Waals surface area contributed by atoms with Crippen molar-refractivity contribution in [3.63, 3.8) is 0 Å². The predicted molar refractivity (Wildman–Crippen MR) is 148 cm³/mol. The largest absolute Gasteiger partial charge is 0.383 e. The monoisotopic (exact) mass is 497 g/mol. The molecule has 0 unspecified atom stereocenters. The number of rotatable bonds is 7. The molecular formula is C29H32FN7. The molecule has 0 aliphatic carbocycles. The Morgan fingerprint density at radius 3 is 2.57 bits per heavy atom. The first kappa shape index (κ1) is 24.8. The Morgan fingerprint density at radius 1 is 1.08 bits per heavy atom. The maximum absolute atomic E-state index is 14.8. The average molecular weight is 498 g/mol. The molecule has 5 rings (SSSR count). The fourth-order valence-electron chi connectivity index (χ4n) is 4.71. The Kier molecular flexibility index (Phi) is 7.39. The maximum atomic E-state index is 14.8. The van der Waals surface area contributed by atoms with Crippen LogP contribution in [0.15, 0.2) is 72.7 Å². The van der Waals surface area contributed by atoms with Crippen molar-refractivity contribution in [2.75, 3.05) is 31.9 Å². The second-order valence-electron chi connectivity index (χ2n) is 9.10. The third-order valence-corrected chi connectivity index (χ3v) is 6.60. The molecule has 0 atom stereocenters. The van der Waals surface area contributed by atoms with E-state index in [1.54, 1.807) is 18.3 Å². The number of hydrogen-bond acceptors (Lipinski definition) is 6. The highest BCUT2D eigenvalue weighted by Crippen LogP contribution is 2.32. The van der Waals surface area contributed by atoms with E-state index in [0.29, 0.717) is 40.5 Å². The molecule has 1 fully saturated rings. The van der Waals surface area contributed by atoms with Crippen LogP contribution < -0.4 is 11.1 Å². The first-order valence-electron chi connectivity index (χ1n) is 12.7. The minimum absolute atomic E-state index is 0.281. The molecule has 4 aromatic rings. The van der Waals surface area contributed by atoms with Gasteiger partial charge in [0, 0.05) is 50.2 Å². The number of benzene rings is 1. The minimum atomic E-state index is -0.281. The second kappa shape index (κ2) is 11.0. The lowest BCUT2D eigenvalue weighted by Gasteiger charge is -2.27. The predicted octanol–water partition coefficient (Wildman–Crippen LogP) is 5.14. The number of hydrogen-bond donors (Lipinski definition) is 2. The molecule has 1 aromatic carbocycles. The van der Waals surface area contributed by atoms with Gasteiger partial charge in [-0.2, -0.15) is 0 Å². The standard InChI is InChI=1S/C29H32FN7/c1-3-6-24(30)22(4-2)25-12-13-26-29(34-25)37(28(35-26)23-7-5-14-33-27(23)31)21-10-8-20(9-11-21)19-36-17-15-32-16-18-36/h4-14,32H,3,15-19H2,1-2H3,(H2,31,33)/b22-4+,24-6+. The van der Waals surface area contributed by atoms with E-state index in [4.69, 9.17) is 15.7 Å². The summed E-state index contributed by atoms with van der Waals surface area (Å²) in [7, 11) is 0. The van der Waals surface area contributed by atoms with Crippen LogP contribution in [-0.4, -0.2) is 50.6 Å². The van der Waals surface area contributed by atoms with Crippen LogP contribution in [0, 0.1) is 0 Å². The average Bonchev–Trinajstić information content (AvgIpc) is 3.29. The number of nitrogens with one attached hydrogen (secondary N) is 1. The van der Waals surface area contributed by atoms with Gasteiger partial charge >= 0.3 is 0 Å². The molecule has 0 radical (unpaired) electrons. The fraction of sp³-hybridized carbons (Fsp3) is 0.276. The number of allylic oxidation sites excluding steroid dienone is 4. The van der Waals surface area contributed by atoms with E-state index in [1.165, 1.54) is 5.56 Å². The highest BCUT2D eigenvalue weighted by atomic mass is 19.1. The van der Waals surface area contributed by atoms with Gasteiger partial charge in [-0.3, -0.25) is 9.47 Å². The van der Waals surface area contributed by atoms with Crippen LogP contribution in [0.5, 0.6) is 0 Å². The topological polar surface area (TPSA) is 84.9 Å². The van der Waals surface area contributed by atoms with Crippen molar-refractivity contribution in [1.29, 1.82) is 0 Å². The molecule has 0 amide bonds. The van der Waals surface area contributed by atoms with Crippen LogP contribution in [0.25, 0.3) is 33.8 Å². The Bertz CT molecular complexity index is 1450. The zero-order chi connectivity index (χ0) is 25.8. The van der Waals surface area contributed by atoms with Crippen LogP contribution in [0.2, 0.25) is 0 Å². The van der Waals surface area contributed by atoms with Crippen molar-refractivity contribution < 1.29 is 4.39 Å². The number of nitrogens with two attached hydrogens (primary N) is 1. The lowest BCUT2D eigenvalue weighted by Crippen LogP contribution is -2.42.